The minimum Gasteiger partial charge on any atom is -0.486 e. The summed E-state index contributed by atoms with van der Waals surface area (Å²) in [6.07, 6.45) is 4.35. The third kappa shape index (κ3) is 2.01. The van der Waals surface area contributed by atoms with Crippen LogP contribution in [0.15, 0.2) is 60.9 Å². The number of benzene rings is 2. The molecule has 0 radical (unpaired) electrons. The van der Waals surface area contributed by atoms with Crippen molar-refractivity contribution in [3.05, 3.63) is 60.9 Å². The maximum absolute atomic E-state index is 5.99. The van der Waals surface area contributed by atoms with Gasteiger partial charge in [-0.3, -0.25) is 0 Å². The number of hydrogen-bond acceptors (Lipinski definition) is 2. The predicted octanol–water partition coefficient (Wildman–Crippen LogP) is 3.48. The van der Waals surface area contributed by atoms with Gasteiger partial charge in [0.15, 0.2) is 17.6 Å². The van der Waals surface area contributed by atoms with Crippen molar-refractivity contribution in [3.8, 4) is 11.5 Å². The standard InChI is InChI=1S/C17H15NO2/c1-2-6-14-10-18(9-13(14)5-1)11-15-12-19-16-7-3-4-8-17(16)20-15/h1-10,15H,11-12H2/t15-/m0/s1. The molecule has 0 saturated carbocycles. The summed E-state index contributed by atoms with van der Waals surface area (Å²) in [4.78, 5) is 0. The van der Waals surface area contributed by atoms with Crippen molar-refractivity contribution in [1.82, 2.24) is 4.57 Å². The van der Waals surface area contributed by atoms with Crippen LogP contribution in [0.3, 0.4) is 0 Å². The summed E-state index contributed by atoms with van der Waals surface area (Å²) in [5.74, 6) is 1.67. The van der Waals surface area contributed by atoms with E-state index in [1.807, 2.05) is 24.3 Å². The molecule has 0 unspecified atom stereocenters. The summed E-state index contributed by atoms with van der Waals surface area (Å²) in [7, 11) is 0. The van der Waals surface area contributed by atoms with Gasteiger partial charge in [0, 0.05) is 12.4 Å². The lowest BCUT2D eigenvalue weighted by Crippen LogP contribution is -2.32. The van der Waals surface area contributed by atoms with E-state index >= 15 is 0 Å². The molecule has 2 heterocycles. The Labute approximate surface area is 117 Å². The van der Waals surface area contributed by atoms with Gasteiger partial charge in [-0.25, -0.2) is 0 Å². The van der Waals surface area contributed by atoms with Crippen molar-refractivity contribution < 1.29 is 9.47 Å². The van der Waals surface area contributed by atoms with Gasteiger partial charge in [-0.1, -0.05) is 36.4 Å². The summed E-state index contributed by atoms with van der Waals surface area (Å²) < 4.78 is 13.9. The van der Waals surface area contributed by atoms with Crippen LogP contribution in [-0.4, -0.2) is 17.3 Å². The monoisotopic (exact) mass is 265 g/mol. The molecule has 1 aromatic heterocycles. The number of fused-ring (bicyclic) bond motifs is 2. The van der Waals surface area contributed by atoms with Crippen LogP contribution < -0.4 is 9.47 Å². The Morgan fingerprint density at radius 3 is 2.30 bits per heavy atom. The van der Waals surface area contributed by atoms with Gasteiger partial charge in [0.2, 0.25) is 0 Å². The molecular formula is C17H15NO2. The molecule has 1 atom stereocenters. The molecule has 2 aromatic carbocycles. The topological polar surface area (TPSA) is 23.4 Å². The Morgan fingerprint density at radius 1 is 0.900 bits per heavy atom. The second kappa shape index (κ2) is 4.60. The first-order valence-electron chi connectivity index (χ1n) is 6.81. The maximum Gasteiger partial charge on any atom is 0.161 e. The maximum atomic E-state index is 5.99. The predicted molar refractivity (Wildman–Crippen MR) is 78.3 cm³/mol. The van der Waals surface area contributed by atoms with Crippen molar-refractivity contribution in [2.45, 2.75) is 12.6 Å². The highest BCUT2D eigenvalue weighted by atomic mass is 16.6. The van der Waals surface area contributed by atoms with Crippen molar-refractivity contribution in [3.63, 3.8) is 0 Å². The molecule has 3 aromatic rings. The van der Waals surface area contributed by atoms with E-state index in [1.54, 1.807) is 0 Å². The van der Waals surface area contributed by atoms with Gasteiger partial charge in [-0.2, -0.15) is 0 Å². The lowest BCUT2D eigenvalue weighted by molar-refractivity contribution is 0.0787. The van der Waals surface area contributed by atoms with E-state index < -0.39 is 0 Å². The summed E-state index contributed by atoms with van der Waals surface area (Å²) >= 11 is 0. The molecular weight excluding hydrogens is 250 g/mol. The van der Waals surface area contributed by atoms with Gasteiger partial charge in [0.25, 0.3) is 0 Å². The third-order valence-corrected chi connectivity index (χ3v) is 3.59. The molecule has 0 N–H and O–H groups in total. The zero-order chi connectivity index (χ0) is 13.4. The first-order chi connectivity index (χ1) is 9.88. The average Bonchev–Trinajstić information content (AvgIpc) is 2.89. The largest absolute Gasteiger partial charge is 0.486 e. The summed E-state index contributed by atoms with van der Waals surface area (Å²) in [6, 6.07) is 16.2. The van der Waals surface area contributed by atoms with Gasteiger partial charge in [0.1, 0.15) is 6.61 Å². The highest BCUT2D eigenvalue weighted by Crippen LogP contribution is 2.31. The van der Waals surface area contributed by atoms with Gasteiger partial charge in [-0.15, -0.1) is 0 Å². The molecule has 0 amide bonds. The molecule has 100 valence electrons. The Kier molecular flexibility index (Phi) is 2.62. The van der Waals surface area contributed by atoms with Crippen LogP contribution in [0.2, 0.25) is 0 Å². The van der Waals surface area contributed by atoms with Crippen molar-refractivity contribution in [2.24, 2.45) is 0 Å². The van der Waals surface area contributed by atoms with Gasteiger partial charge < -0.3 is 14.0 Å². The van der Waals surface area contributed by atoms with Crippen LogP contribution in [0.25, 0.3) is 10.8 Å². The summed E-state index contributed by atoms with van der Waals surface area (Å²) in [6.45, 7) is 1.38. The molecule has 4 rings (SSSR count). The lowest BCUT2D eigenvalue weighted by Gasteiger charge is -2.26. The molecule has 3 nitrogen and oxygen atoms in total. The SMILES string of the molecule is c1ccc2c(c1)OC[C@H](Cn1cc3ccccc3c1)O2. The fourth-order valence-corrected chi connectivity index (χ4v) is 2.63. The minimum absolute atomic E-state index is 0.0479. The zero-order valence-electron chi connectivity index (χ0n) is 11.0. The van der Waals surface area contributed by atoms with E-state index in [2.05, 4.69) is 41.2 Å². The van der Waals surface area contributed by atoms with Crippen molar-refractivity contribution in [2.75, 3.05) is 6.61 Å². The second-order valence-corrected chi connectivity index (χ2v) is 5.08. The lowest BCUT2D eigenvalue weighted by atomic mass is 10.2. The fourth-order valence-electron chi connectivity index (χ4n) is 2.63. The minimum atomic E-state index is 0.0479. The van der Waals surface area contributed by atoms with Crippen LogP contribution in [0.5, 0.6) is 11.5 Å². The van der Waals surface area contributed by atoms with E-state index in [9.17, 15) is 0 Å². The number of aromatic nitrogens is 1. The summed E-state index contributed by atoms with van der Waals surface area (Å²) in [5, 5.41) is 2.51. The molecule has 0 fully saturated rings. The number of para-hydroxylation sites is 2. The molecule has 0 bridgehead atoms. The molecule has 0 saturated heterocycles. The average molecular weight is 265 g/mol. The van der Waals surface area contributed by atoms with Crippen LogP contribution in [-0.2, 0) is 6.54 Å². The molecule has 0 aliphatic carbocycles. The number of ether oxygens (including phenoxy) is 2. The van der Waals surface area contributed by atoms with E-state index in [0.717, 1.165) is 18.0 Å². The molecule has 1 aliphatic heterocycles. The van der Waals surface area contributed by atoms with Crippen LogP contribution in [0, 0.1) is 0 Å². The third-order valence-electron chi connectivity index (χ3n) is 3.59. The smallest absolute Gasteiger partial charge is 0.161 e. The Balaban J connectivity index is 1.55. The van der Waals surface area contributed by atoms with Crippen LogP contribution >= 0.6 is 0 Å². The van der Waals surface area contributed by atoms with Gasteiger partial charge in [-0.05, 0) is 22.9 Å². The Morgan fingerprint density at radius 2 is 1.55 bits per heavy atom. The van der Waals surface area contributed by atoms with Gasteiger partial charge in [0.05, 0.1) is 6.54 Å². The highest BCUT2D eigenvalue weighted by molar-refractivity contribution is 5.82. The number of hydrogen-bond donors (Lipinski definition) is 0. The number of nitrogens with zero attached hydrogens (tertiary/aromatic N) is 1. The zero-order valence-corrected chi connectivity index (χ0v) is 11.0. The molecule has 0 spiro atoms. The van der Waals surface area contributed by atoms with E-state index in [4.69, 9.17) is 9.47 Å². The van der Waals surface area contributed by atoms with Crippen molar-refractivity contribution >= 4 is 10.8 Å². The van der Waals surface area contributed by atoms with Gasteiger partial charge >= 0.3 is 0 Å². The molecule has 3 heteroatoms. The molecule has 20 heavy (non-hydrogen) atoms. The van der Waals surface area contributed by atoms with E-state index in [0.29, 0.717) is 6.61 Å². The Bertz CT molecular complexity index is 714. The first kappa shape index (κ1) is 11.4. The van der Waals surface area contributed by atoms with Crippen molar-refractivity contribution in [1.29, 1.82) is 0 Å². The Hall–Kier alpha value is -2.42. The highest BCUT2D eigenvalue weighted by Gasteiger charge is 2.20. The second-order valence-electron chi connectivity index (χ2n) is 5.08. The van der Waals surface area contributed by atoms with E-state index in [1.165, 1.54) is 10.8 Å². The van der Waals surface area contributed by atoms with E-state index in [-0.39, 0.29) is 6.10 Å². The normalized spacial score (nSPS) is 17.3. The van der Waals surface area contributed by atoms with Crippen LogP contribution in [0.1, 0.15) is 0 Å². The fraction of sp³-hybridized carbons (Fsp3) is 0.176. The van der Waals surface area contributed by atoms with Crippen LogP contribution in [0.4, 0.5) is 0 Å². The summed E-state index contributed by atoms with van der Waals surface area (Å²) in [5.41, 5.74) is 0. The number of rotatable bonds is 2. The first-order valence-corrected chi connectivity index (χ1v) is 6.81. The quantitative estimate of drug-likeness (QED) is 0.708. The molecule has 1 aliphatic rings.